The summed E-state index contributed by atoms with van der Waals surface area (Å²) < 4.78 is 15.1. The van der Waals surface area contributed by atoms with E-state index in [0.29, 0.717) is 22.4 Å². The molecular formula is C17H11Cl2FN4. The third kappa shape index (κ3) is 2.70. The van der Waals surface area contributed by atoms with Crippen molar-refractivity contribution in [3.8, 4) is 0 Å². The number of benzene rings is 2. The van der Waals surface area contributed by atoms with Crippen LogP contribution in [0.25, 0.3) is 0 Å². The number of halogens is 3. The summed E-state index contributed by atoms with van der Waals surface area (Å²) in [7, 11) is 0. The maximum atomic E-state index is 13.4. The zero-order chi connectivity index (χ0) is 16.7. The predicted molar refractivity (Wildman–Crippen MR) is 91.8 cm³/mol. The summed E-state index contributed by atoms with van der Waals surface area (Å²) in [5.41, 5.74) is 2.60. The van der Waals surface area contributed by atoms with Gasteiger partial charge < -0.3 is 0 Å². The van der Waals surface area contributed by atoms with Crippen molar-refractivity contribution in [3.63, 3.8) is 0 Å². The molecule has 1 aliphatic heterocycles. The Balaban J connectivity index is 1.80. The fraction of sp³-hybridized carbons (Fsp3) is 0.118. The molecule has 120 valence electrons. The molecule has 1 atom stereocenters. The standard InChI is InChI=1S/C17H11Cl2FN4/c18-11-3-1-10(2-4-11)15-8-16(24-17(23-15)21-9-22-24)13-6-5-12(20)7-14(13)19/h1-7,9,16H,8H2. The maximum Gasteiger partial charge on any atom is 0.248 e. The molecule has 4 nitrogen and oxygen atoms in total. The van der Waals surface area contributed by atoms with Gasteiger partial charge in [-0.1, -0.05) is 41.4 Å². The molecule has 0 aliphatic carbocycles. The molecule has 0 saturated heterocycles. The highest BCUT2D eigenvalue weighted by atomic mass is 35.5. The second-order valence-electron chi connectivity index (χ2n) is 5.46. The highest BCUT2D eigenvalue weighted by Crippen LogP contribution is 2.35. The maximum absolute atomic E-state index is 13.4. The molecule has 0 amide bonds. The normalized spacial score (nSPS) is 16.6. The molecule has 24 heavy (non-hydrogen) atoms. The van der Waals surface area contributed by atoms with E-state index in [9.17, 15) is 4.39 Å². The molecule has 0 spiro atoms. The van der Waals surface area contributed by atoms with Crippen LogP contribution in [0.5, 0.6) is 0 Å². The van der Waals surface area contributed by atoms with Crippen LogP contribution in [-0.2, 0) is 0 Å². The summed E-state index contributed by atoms with van der Waals surface area (Å²) in [6, 6.07) is 11.6. The number of aliphatic imine (C=N–C) groups is 1. The minimum Gasteiger partial charge on any atom is -0.222 e. The van der Waals surface area contributed by atoms with Gasteiger partial charge in [0.2, 0.25) is 5.95 Å². The van der Waals surface area contributed by atoms with E-state index in [4.69, 9.17) is 23.2 Å². The third-order valence-corrected chi connectivity index (χ3v) is 4.55. The highest BCUT2D eigenvalue weighted by molar-refractivity contribution is 6.31. The summed E-state index contributed by atoms with van der Waals surface area (Å²) in [5, 5.41) is 5.27. The summed E-state index contributed by atoms with van der Waals surface area (Å²) >= 11 is 12.2. The van der Waals surface area contributed by atoms with E-state index >= 15 is 0 Å². The number of hydrogen-bond donors (Lipinski definition) is 0. The van der Waals surface area contributed by atoms with Gasteiger partial charge >= 0.3 is 0 Å². The van der Waals surface area contributed by atoms with Crippen molar-refractivity contribution in [2.45, 2.75) is 12.5 Å². The van der Waals surface area contributed by atoms with Gasteiger partial charge in [-0.3, -0.25) is 0 Å². The molecule has 0 fully saturated rings. The Morgan fingerprint density at radius 3 is 2.62 bits per heavy atom. The van der Waals surface area contributed by atoms with Crippen LogP contribution < -0.4 is 0 Å². The van der Waals surface area contributed by atoms with Crippen LogP contribution >= 0.6 is 23.2 Å². The van der Waals surface area contributed by atoms with Gasteiger partial charge in [0.1, 0.15) is 12.1 Å². The van der Waals surface area contributed by atoms with Gasteiger partial charge in [0.15, 0.2) is 0 Å². The molecule has 7 heteroatoms. The van der Waals surface area contributed by atoms with E-state index in [1.807, 2.05) is 24.3 Å². The van der Waals surface area contributed by atoms with Gasteiger partial charge in [-0.2, -0.15) is 10.1 Å². The van der Waals surface area contributed by atoms with Gasteiger partial charge in [0.25, 0.3) is 0 Å². The minimum atomic E-state index is -0.370. The van der Waals surface area contributed by atoms with Gasteiger partial charge in [0, 0.05) is 16.5 Å². The molecule has 4 rings (SSSR count). The Labute approximate surface area is 147 Å². The topological polar surface area (TPSA) is 43.1 Å². The van der Waals surface area contributed by atoms with Crippen molar-refractivity contribution in [2.24, 2.45) is 4.99 Å². The molecule has 0 saturated carbocycles. The summed E-state index contributed by atoms with van der Waals surface area (Å²) in [5.74, 6) is 0.126. The Bertz CT molecular complexity index is 934. The van der Waals surface area contributed by atoms with E-state index in [1.54, 1.807) is 10.7 Å². The molecule has 1 aliphatic rings. The largest absolute Gasteiger partial charge is 0.248 e. The number of aromatic nitrogens is 3. The van der Waals surface area contributed by atoms with Crippen LogP contribution in [0.1, 0.15) is 23.6 Å². The van der Waals surface area contributed by atoms with Gasteiger partial charge in [0.05, 0.1) is 11.8 Å². The van der Waals surface area contributed by atoms with Crippen molar-refractivity contribution in [1.82, 2.24) is 14.8 Å². The lowest BCUT2D eigenvalue weighted by Gasteiger charge is -2.24. The lowest BCUT2D eigenvalue weighted by molar-refractivity contribution is 0.529. The second-order valence-corrected chi connectivity index (χ2v) is 6.30. The monoisotopic (exact) mass is 360 g/mol. The Morgan fingerprint density at radius 2 is 1.88 bits per heavy atom. The quantitative estimate of drug-likeness (QED) is 0.656. The average Bonchev–Trinajstić information content (AvgIpc) is 3.03. The van der Waals surface area contributed by atoms with Crippen molar-refractivity contribution in [1.29, 1.82) is 0 Å². The average molecular weight is 361 g/mol. The first-order chi connectivity index (χ1) is 11.6. The molecule has 2 heterocycles. The Hall–Kier alpha value is -2.24. The van der Waals surface area contributed by atoms with Gasteiger partial charge in [-0.05, 0) is 35.4 Å². The van der Waals surface area contributed by atoms with Crippen molar-refractivity contribution < 1.29 is 4.39 Å². The molecule has 3 aromatic rings. The van der Waals surface area contributed by atoms with Crippen LogP contribution in [0.3, 0.4) is 0 Å². The van der Waals surface area contributed by atoms with Crippen LogP contribution in [0.2, 0.25) is 10.0 Å². The smallest absolute Gasteiger partial charge is 0.222 e. The number of hydrogen-bond acceptors (Lipinski definition) is 3. The van der Waals surface area contributed by atoms with Crippen LogP contribution in [0.15, 0.2) is 53.8 Å². The minimum absolute atomic E-state index is 0.196. The SMILES string of the molecule is Fc1ccc(C2CC(c3ccc(Cl)cc3)=Nc3ncnn32)c(Cl)c1. The zero-order valence-electron chi connectivity index (χ0n) is 12.3. The molecular weight excluding hydrogens is 350 g/mol. The van der Waals surface area contributed by atoms with Gasteiger partial charge in [-0.15, -0.1) is 0 Å². The van der Waals surface area contributed by atoms with Crippen LogP contribution in [0.4, 0.5) is 10.3 Å². The summed E-state index contributed by atoms with van der Waals surface area (Å²) in [6.07, 6.45) is 2.03. The zero-order valence-corrected chi connectivity index (χ0v) is 13.8. The molecule has 2 aromatic carbocycles. The third-order valence-electron chi connectivity index (χ3n) is 3.97. The number of fused-ring (bicyclic) bond motifs is 1. The lowest BCUT2D eigenvalue weighted by Crippen LogP contribution is -2.21. The van der Waals surface area contributed by atoms with E-state index < -0.39 is 0 Å². The Kier molecular flexibility index (Phi) is 3.82. The fourth-order valence-corrected chi connectivity index (χ4v) is 3.24. The molecule has 1 unspecified atom stereocenters. The number of nitrogens with zero attached hydrogens (tertiary/aromatic N) is 4. The molecule has 0 bridgehead atoms. The lowest BCUT2D eigenvalue weighted by atomic mass is 9.96. The molecule has 1 aromatic heterocycles. The molecule has 0 radical (unpaired) electrons. The van der Waals surface area contributed by atoms with E-state index in [2.05, 4.69) is 15.1 Å². The summed E-state index contributed by atoms with van der Waals surface area (Å²) in [6.45, 7) is 0. The van der Waals surface area contributed by atoms with Crippen LogP contribution in [-0.4, -0.2) is 20.5 Å². The van der Waals surface area contributed by atoms with E-state index in [-0.39, 0.29) is 11.9 Å². The Morgan fingerprint density at radius 1 is 1.08 bits per heavy atom. The summed E-state index contributed by atoms with van der Waals surface area (Å²) in [4.78, 5) is 8.77. The first-order valence-corrected chi connectivity index (χ1v) is 8.05. The number of rotatable bonds is 2. The van der Waals surface area contributed by atoms with E-state index in [1.165, 1.54) is 18.5 Å². The second kappa shape index (κ2) is 6.00. The van der Waals surface area contributed by atoms with E-state index in [0.717, 1.165) is 16.8 Å². The first kappa shape index (κ1) is 15.3. The predicted octanol–water partition coefficient (Wildman–Crippen LogP) is 4.84. The molecule has 0 N–H and O–H groups in total. The van der Waals surface area contributed by atoms with Crippen molar-refractivity contribution in [2.75, 3.05) is 0 Å². The first-order valence-electron chi connectivity index (χ1n) is 7.30. The van der Waals surface area contributed by atoms with Crippen molar-refractivity contribution >= 4 is 34.9 Å². The van der Waals surface area contributed by atoms with Gasteiger partial charge in [-0.25, -0.2) is 14.1 Å². The fourth-order valence-electron chi connectivity index (χ4n) is 2.82. The highest BCUT2D eigenvalue weighted by Gasteiger charge is 2.27. The van der Waals surface area contributed by atoms with Crippen molar-refractivity contribution in [3.05, 3.63) is 75.8 Å². The van der Waals surface area contributed by atoms with Crippen LogP contribution in [0, 0.1) is 5.82 Å².